The molecule has 0 fully saturated rings. The molecule has 0 bridgehead atoms. The number of rotatable bonds is 3. The van der Waals surface area contributed by atoms with Gasteiger partial charge in [-0.2, -0.15) is 0 Å². The highest BCUT2D eigenvalue weighted by Gasteiger charge is 2.09. The lowest BCUT2D eigenvalue weighted by molar-refractivity contribution is 0.304. The van der Waals surface area contributed by atoms with Crippen LogP contribution < -0.4 is 10.5 Å². The van der Waals surface area contributed by atoms with Gasteiger partial charge in [-0.3, -0.25) is 0 Å². The molecule has 2 aromatic carbocycles. The van der Waals surface area contributed by atoms with Crippen LogP contribution in [0.15, 0.2) is 36.4 Å². The molecule has 2 N–H and O–H groups in total. The summed E-state index contributed by atoms with van der Waals surface area (Å²) in [4.78, 5) is 0. The van der Waals surface area contributed by atoms with Gasteiger partial charge in [-0.25, -0.2) is 4.39 Å². The molecule has 2 nitrogen and oxygen atoms in total. The molecule has 108 valence electrons. The fourth-order valence-corrected chi connectivity index (χ4v) is 2.19. The van der Waals surface area contributed by atoms with Crippen LogP contribution in [0.4, 0.5) is 4.39 Å². The van der Waals surface area contributed by atoms with Gasteiger partial charge in [0.2, 0.25) is 0 Å². The average Bonchev–Trinajstić information content (AvgIpc) is 2.46. The van der Waals surface area contributed by atoms with Crippen LogP contribution in [-0.4, -0.2) is 6.54 Å². The molecular formula is C16H12Cl2FNO. The van der Waals surface area contributed by atoms with Gasteiger partial charge < -0.3 is 10.5 Å². The summed E-state index contributed by atoms with van der Waals surface area (Å²) in [5.41, 5.74) is 6.54. The zero-order valence-electron chi connectivity index (χ0n) is 11.0. The lowest BCUT2D eigenvalue weighted by atomic mass is 10.2. The van der Waals surface area contributed by atoms with E-state index in [9.17, 15) is 4.39 Å². The molecule has 0 spiro atoms. The van der Waals surface area contributed by atoms with Gasteiger partial charge in [-0.05, 0) is 24.3 Å². The Morgan fingerprint density at radius 2 is 1.86 bits per heavy atom. The van der Waals surface area contributed by atoms with Gasteiger partial charge in [0.1, 0.15) is 18.2 Å². The summed E-state index contributed by atoms with van der Waals surface area (Å²) in [6, 6.07) is 9.30. The van der Waals surface area contributed by atoms with E-state index in [4.69, 9.17) is 33.7 Å². The maximum absolute atomic E-state index is 13.3. The third kappa shape index (κ3) is 4.12. The maximum atomic E-state index is 13.3. The first-order valence-electron chi connectivity index (χ1n) is 6.16. The standard InChI is InChI=1S/C16H12Cl2FNO/c17-14-4-1-5-15(18)13(14)10-21-16-9-12(19)7-6-11(16)3-2-8-20/h1,4-7,9H,8,10,20H2. The largest absolute Gasteiger partial charge is 0.487 e. The molecule has 0 saturated carbocycles. The van der Waals surface area contributed by atoms with Crippen molar-refractivity contribution in [1.82, 2.24) is 0 Å². The van der Waals surface area contributed by atoms with Crippen LogP contribution in [0.25, 0.3) is 0 Å². The Morgan fingerprint density at radius 1 is 1.14 bits per heavy atom. The summed E-state index contributed by atoms with van der Waals surface area (Å²) < 4.78 is 19.0. The minimum Gasteiger partial charge on any atom is -0.487 e. The van der Waals surface area contributed by atoms with Crippen molar-refractivity contribution < 1.29 is 9.13 Å². The molecule has 0 atom stereocenters. The van der Waals surface area contributed by atoms with Crippen LogP contribution in [0.3, 0.4) is 0 Å². The van der Waals surface area contributed by atoms with Gasteiger partial charge in [0.05, 0.1) is 12.1 Å². The van der Waals surface area contributed by atoms with E-state index in [0.717, 1.165) is 0 Å². The van der Waals surface area contributed by atoms with E-state index >= 15 is 0 Å². The minimum atomic E-state index is -0.409. The van der Waals surface area contributed by atoms with Crippen molar-refractivity contribution in [2.75, 3.05) is 6.54 Å². The van der Waals surface area contributed by atoms with E-state index in [1.807, 2.05) is 0 Å². The molecule has 0 aliphatic heterocycles. The van der Waals surface area contributed by atoms with E-state index in [0.29, 0.717) is 26.9 Å². The van der Waals surface area contributed by atoms with Gasteiger partial charge in [0.25, 0.3) is 0 Å². The Kier molecular flexibility index (Phi) is 5.46. The Labute approximate surface area is 132 Å². The molecule has 21 heavy (non-hydrogen) atoms. The number of nitrogens with two attached hydrogens (primary N) is 1. The van der Waals surface area contributed by atoms with Crippen LogP contribution in [0, 0.1) is 17.7 Å². The Morgan fingerprint density at radius 3 is 2.52 bits per heavy atom. The molecular weight excluding hydrogens is 312 g/mol. The second-order valence-corrected chi connectivity index (χ2v) is 4.95. The lowest BCUT2D eigenvalue weighted by Gasteiger charge is -2.11. The quantitative estimate of drug-likeness (QED) is 0.866. The third-order valence-electron chi connectivity index (χ3n) is 2.70. The Hall–Kier alpha value is -1.73. The monoisotopic (exact) mass is 323 g/mol. The van der Waals surface area contributed by atoms with E-state index in [2.05, 4.69) is 11.8 Å². The first-order chi connectivity index (χ1) is 10.1. The molecule has 2 rings (SSSR count). The highest BCUT2D eigenvalue weighted by molar-refractivity contribution is 6.35. The summed E-state index contributed by atoms with van der Waals surface area (Å²) in [7, 11) is 0. The van der Waals surface area contributed by atoms with Crippen molar-refractivity contribution in [2.24, 2.45) is 5.73 Å². The van der Waals surface area contributed by atoms with Gasteiger partial charge in [0, 0.05) is 21.7 Å². The molecule has 5 heteroatoms. The number of hydrogen-bond donors (Lipinski definition) is 1. The first kappa shape index (κ1) is 15.7. The number of hydrogen-bond acceptors (Lipinski definition) is 2. The second kappa shape index (κ2) is 7.33. The SMILES string of the molecule is NCC#Cc1ccc(F)cc1OCc1c(Cl)cccc1Cl. The Bertz CT molecular complexity index is 687. The van der Waals surface area contributed by atoms with Crippen LogP contribution in [0.1, 0.15) is 11.1 Å². The highest BCUT2D eigenvalue weighted by Crippen LogP contribution is 2.27. The Balaban J connectivity index is 2.25. The van der Waals surface area contributed by atoms with Crippen LogP contribution in [-0.2, 0) is 6.61 Å². The molecule has 0 aromatic heterocycles. The van der Waals surface area contributed by atoms with Gasteiger partial charge in [-0.15, -0.1) is 0 Å². The van der Waals surface area contributed by atoms with Crippen molar-refractivity contribution in [3.63, 3.8) is 0 Å². The van der Waals surface area contributed by atoms with Crippen LogP contribution in [0.2, 0.25) is 10.0 Å². The molecule has 0 aliphatic rings. The van der Waals surface area contributed by atoms with Crippen molar-refractivity contribution in [2.45, 2.75) is 6.61 Å². The number of ether oxygens (including phenoxy) is 1. The fraction of sp³-hybridized carbons (Fsp3) is 0.125. The normalized spacial score (nSPS) is 9.90. The van der Waals surface area contributed by atoms with Gasteiger partial charge >= 0.3 is 0 Å². The van der Waals surface area contributed by atoms with Crippen LogP contribution >= 0.6 is 23.2 Å². The van der Waals surface area contributed by atoms with Crippen molar-refractivity contribution in [1.29, 1.82) is 0 Å². The fourth-order valence-electron chi connectivity index (χ4n) is 1.69. The summed E-state index contributed by atoms with van der Waals surface area (Å²) in [5, 5.41) is 0.988. The smallest absolute Gasteiger partial charge is 0.138 e. The predicted octanol–water partition coefficient (Wildman–Crippen LogP) is 4.02. The molecule has 2 aromatic rings. The maximum Gasteiger partial charge on any atom is 0.138 e. The highest BCUT2D eigenvalue weighted by atomic mass is 35.5. The van der Waals surface area contributed by atoms with E-state index < -0.39 is 5.82 Å². The van der Waals surface area contributed by atoms with E-state index in [-0.39, 0.29) is 13.2 Å². The first-order valence-corrected chi connectivity index (χ1v) is 6.91. The van der Waals surface area contributed by atoms with Crippen molar-refractivity contribution in [3.05, 3.63) is 63.4 Å². The van der Waals surface area contributed by atoms with E-state index in [1.165, 1.54) is 12.1 Å². The summed E-state index contributed by atoms with van der Waals surface area (Å²) in [6.07, 6.45) is 0. The molecule has 0 radical (unpaired) electrons. The molecule has 0 amide bonds. The second-order valence-electron chi connectivity index (χ2n) is 4.14. The number of benzene rings is 2. The lowest BCUT2D eigenvalue weighted by Crippen LogP contribution is -2.00. The topological polar surface area (TPSA) is 35.2 Å². The number of halogens is 3. The average molecular weight is 324 g/mol. The summed E-state index contributed by atoms with van der Waals surface area (Å²) in [6.45, 7) is 0.340. The molecule has 0 aliphatic carbocycles. The molecule has 0 saturated heterocycles. The van der Waals surface area contributed by atoms with Gasteiger partial charge in [-0.1, -0.05) is 41.1 Å². The van der Waals surface area contributed by atoms with Gasteiger partial charge in [0.15, 0.2) is 0 Å². The third-order valence-corrected chi connectivity index (χ3v) is 3.41. The summed E-state index contributed by atoms with van der Waals surface area (Å²) in [5.74, 6) is 5.46. The predicted molar refractivity (Wildman–Crippen MR) is 83.1 cm³/mol. The molecule has 0 unspecified atom stereocenters. The van der Waals surface area contributed by atoms with E-state index in [1.54, 1.807) is 24.3 Å². The zero-order chi connectivity index (χ0) is 15.2. The van der Waals surface area contributed by atoms with Crippen LogP contribution in [0.5, 0.6) is 5.75 Å². The van der Waals surface area contributed by atoms with Crippen molar-refractivity contribution in [3.8, 4) is 17.6 Å². The van der Waals surface area contributed by atoms with Crippen molar-refractivity contribution >= 4 is 23.2 Å². The summed E-state index contributed by atoms with van der Waals surface area (Å²) >= 11 is 12.1. The molecule has 0 heterocycles. The minimum absolute atomic E-state index is 0.124. The zero-order valence-corrected chi connectivity index (χ0v) is 12.5.